The molecule has 0 spiro atoms. The van der Waals surface area contributed by atoms with Crippen molar-refractivity contribution in [2.24, 2.45) is 0 Å². The summed E-state index contributed by atoms with van der Waals surface area (Å²) in [6.07, 6.45) is 0. The molecule has 0 fully saturated rings. The van der Waals surface area contributed by atoms with Gasteiger partial charge in [0, 0.05) is 0 Å². The fourth-order valence-electron chi connectivity index (χ4n) is 0.315. The smallest absolute Gasteiger partial charge is 0.458 e. The van der Waals surface area contributed by atoms with Gasteiger partial charge in [0.1, 0.15) is 13.3 Å². The molecule has 0 heterocycles. The first kappa shape index (κ1) is 12.1. The van der Waals surface area contributed by atoms with Gasteiger partial charge in [-0.25, -0.2) is 9.18 Å². The van der Waals surface area contributed by atoms with Gasteiger partial charge in [0.25, 0.3) is 0 Å². The summed E-state index contributed by atoms with van der Waals surface area (Å²) in [6, 6.07) is 0. The van der Waals surface area contributed by atoms with E-state index < -0.39 is 34.7 Å². The highest BCUT2D eigenvalue weighted by Crippen LogP contribution is 2.24. The van der Waals surface area contributed by atoms with Gasteiger partial charge in [-0.1, -0.05) is 3.89 Å². The summed E-state index contributed by atoms with van der Waals surface area (Å²) < 4.78 is 69.8. The zero-order valence-electron chi connectivity index (χ0n) is 5.97. The number of carbonyl (C=O) groups is 1. The van der Waals surface area contributed by atoms with Crippen molar-refractivity contribution in [1.82, 2.24) is 0 Å². The summed E-state index contributed by atoms with van der Waals surface area (Å²) in [7, 11) is -6.36. The summed E-state index contributed by atoms with van der Waals surface area (Å²) in [5.41, 5.74) is 0. The highest BCUT2D eigenvalue weighted by atomic mass is 32.3. The molecule has 0 rings (SSSR count). The van der Waals surface area contributed by atoms with Crippen molar-refractivity contribution in [3.05, 3.63) is 0 Å². The average Bonchev–Trinajstić information content (AvgIpc) is 1.97. The molecule has 78 valence electrons. The molecule has 0 amide bonds. The topological polar surface area (TPSA) is 60.4 Å². The molecule has 0 N–H and O–H groups in total. The molecule has 0 aliphatic carbocycles. The summed E-state index contributed by atoms with van der Waals surface area (Å²) >= 11 is 0. The monoisotopic (exact) mass is 224 g/mol. The van der Waals surface area contributed by atoms with E-state index in [1.54, 1.807) is 0 Å². The van der Waals surface area contributed by atoms with Crippen molar-refractivity contribution in [2.75, 3.05) is 13.3 Å². The van der Waals surface area contributed by atoms with E-state index in [0.717, 1.165) is 0 Å². The van der Waals surface area contributed by atoms with Crippen LogP contribution in [0.25, 0.3) is 0 Å². The molecule has 0 bridgehead atoms. The SMILES string of the molecule is O=C(OCCF)C(F)(F)S(=O)(=O)F. The molecule has 9 heteroatoms. The van der Waals surface area contributed by atoms with Gasteiger partial charge in [0.2, 0.25) is 0 Å². The number of carbonyl (C=O) groups excluding carboxylic acids is 1. The van der Waals surface area contributed by atoms with Gasteiger partial charge in [-0.15, -0.1) is 0 Å². The van der Waals surface area contributed by atoms with E-state index in [2.05, 4.69) is 4.74 Å². The van der Waals surface area contributed by atoms with E-state index in [1.165, 1.54) is 0 Å². The molecule has 4 nitrogen and oxygen atoms in total. The van der Waals surface area contributed by atoms with Crippen molar-refractivity contribution < 1.29 is 35.0 Å². The molecule has 0 unspecified atom stereocenters. The zero-order valence-corrected chi connectivity index (χ0v) is 6.78. The summed E-state index contributed by atoms with van der Waals surface area (Å²) in [4.78, 5) is 10.1. The Balaban J connectivity index is 4.57. The highest BCUT2D eigenvalue weighted by molar-refractivity contribution is 7.88. The second-order valence-corrected chi connectivity index (χ2v) is 3.17. The van der Waals surface area contributed by atoms with Crippen LogP contribution in [-0.2, 0) is 19.8 Å². The Hall–Kier alpha value is -0.860. The molecule has 0 radical (unpaired) electrons. The lowest BCUT2D eigenvalue weighted by Crippen LogP contribution is -2.37. The molecule has 0 aliphatic heterocycles. The molecule has 13 heavy (non-hydrogen) atoms. The van der Waals surface area contributed by atoms with E-state index in [9.17, 15) is 30.3 Å². The third-order valence-electron chi connectivity index (χ3n) is 0.854. The Morgan fingerprint density at radius 2 is 1.85 bits per heavy atom. The quantitative estimate of drug-likeness (QED) is 0.393. The number of hydrogen-bond donors (Lipinski definition) is 0. The van der Waals surface area contributed by atoms with Gasteiger partial charge < -0.3 is 4.74 Å². The normalized spacial score (nSPS) is 12.6. The maximum absolute atomic E-state index is 12.1. The van der Waals surface area contributed by atoms with Crippen LogP contribution in [0.15, 0.2) is 0 Å². The highest BCUT2D eigenvalue weighted by Gasteiger charge is 2.55. The molecule has 0 saturated carbocycles. The lowest BCUT2D eigenvalue weighted by atomic mass is 10.7. The van der Waals surface area contributed by atoms with Gasteiger partial charge in [-0.2, -0.15) is 17.2 Å². The minimum absolute atomic E-state index is 1.05. The molecule has 0 aliphatic rings. The van der Waals surface area contributed by atoms with Crippen LogP contribution in [0.4, 0.5) is 17.1 Å². The van der Waals surface area contributed by atoms with Crippen LogP contribution in [0, 0.1) is 0 Å². The number of alkyl halides is 3. The molecule has 0 aromatic heterocycles. The average molecular weight is 224 g/mol. The number of esters is 1. The lowest BCUT2D eigenvalue weighted by molar-refractivity contribution is -0.161. The van der Waals surface area contributed by atoms with Gasteiger partial charge in [-0.05, 0) is 0 Å². The Morgan fingerprint density at radius 3 is 2.15 bits per heavy atom. The molecule has 0 aromatic rings. The van der Waals surface area contributed by atoms with Gasteiger partial charge in [0.05, 0.1) is 0 Å². The van der Waals surface area contributed by atoms with Crippen molar-refractivity contribution in [1.29, 1.82) is 0 Å². The van der Waals surface area contributed by atoms with E-state index >= 15 is 0 Å². The Bertz CT molecular complexity index is 285. The molecule has 0 aromatic carbocycles. The fourth-order valence-corrected chi connectivity index (χ4v) is 0.573. The second kappa shape index (κ2) is 3.90. The number of rotatable bonds is 4. The molecule has 0 atom stereocenters. The van der Waals surface area contributed by atoms with Crippen LogP contribution in [0.5, 0.6) is 0 Å². The Labute approximate surface area is 70.7 Å². The lowest BCUT2D eigenvalue weighted by Gasteiger charge is -2.09. The van der Waals surface area contributed by atoms with E-state index in [1.807, 2.05) is 0 Å². The summed E-state index contributed by atoms with van der Waals surface area (Å²) in [5.74, 6) is -2.63. The largest absolute Gasteiger partial charge is 0.470 e. The zero-order chi connectivity index (χ0) is 10.7. The van der Waals surface area contributed by atoms with Crippen molar-refractivity contribution in [3.63, 3.8) is 0 Å². The van der Waals surface area contributed by atoms with E-state index in [-0.39, 0.29) is 0 Å². The number of hydrogen-bond acceptors (Lipinski definition) is 4. The second-order valence-electron chi connectivity index (χ2n) is 1.78. The van der Waals surface area contributed by atoms with E-state index in [4.69, 9.17) is 0 Å². The standard InChI is InChI=1S/C4H4F4O4S/c5-1-2-12-3(9)4(6,7)13(8,10)11/h1-2H2. The summed E-state index contributed by atoms with van der Waals surface area (Å²) in [5, 5.41) is -5.28. The van der Waals surface area contributed by atoms with Gasteiger partial charge in [-0.3, -0.25) is 0 Å². The maximum atomic E-state index is 12.1. The minimum Gasteiger partial charge on any atom is -0.458 e. The number of ether oxygens (including phenoxy) is 1. The van der Waals surface area contributed by atoms with Crippen LogP contribution < -0.4 is 0 Å². The van der Waals surface area contributed by atoms with Crippen molar-refractivity contribution >= 4 is 16.2 Å². The first-order chi connectivity index (χ1) is 5.73. The summed E-state index contributed by atoms with van der Waals surface area (Å²) in [6.45, 7) is -2.32. The predicted molar refractivity (Wildman–Crippen MR) is 31.9 cm³/mol. The van der Waals surface area contributed by atoms with Crippen LogP contribution in [0.3, 0.4) is 0 Å². The van der Waals surface area contributed by atoms with Gasteiger partial charge >= 0.3 is 21.4 Å². The first-order valence-corrected chi connectivity index (χ1v) is 4.17. The van der Waals surface area contributed by atoms with Crippen LogP contribution >= 0.6 is 0 Å². The van der Waals surface area contributed by atoms with Crippen LogP contribution in [0.2, 0.25) is 0 Å². The Morgan fingerprint density at radius 1 is 1.38 bits per heavy atom. The minimum atomic E-state index is -6.36. The first-order valence-electron chi connectivity index (χ1n) is 2.78. The third-order valence-corrected chi connectivity index (χ3v) is 1.63. The fraction of sp³-hybridized carbons (Fsp3) is 0.750. The molecular formula is C4H4F4O4S. The van der Waals surface area contributed by atoms with Gasteiger partial charge in [0.15, 0.2) is 0 Å². The van der Waals surface area contributed by atoms with Crippen LogP contribution in [0.1, 0.15) is 0 Å². The predicted octanol–water partition coefficient (Wildman–Crippen LogP) is 0.391. The third kappa shape index (κ3) is 2.83. The Kier molecular flexibility index (Phi) is 3.64. The van der Waals surface area contributed by atoms with Crippen molar-refractivity contribution in [3.8, 4) is 0 Å². The maximum Gasteiger partial charge on any atom is 0.470 e. The van der Waals surface area contributed by atoms with Crippen molar-refractivity contribution in [2.45, 2.75) is 5.25 Å². The molecule has 0 saturated heterocycles. The van der Waals surface area contributed by atoms with Crippen LogP contribution in [-0.4, -0.2) is 32.9 Å². The molecular weight excluding hydrogens is 220 g/mol. The van der Waals surface area contributed by atoms with E-state index in [0.29, 0.717) is 0 Å². The number of halogens is 4.